The Balaban J connectivity index is 2.23. The molecule has 1 aromatic rings. The normalized spacial score (nSPS) is 14.0. The van der Waals surface area contributed by atoms with Crippen molar-refractivity contribution in [3.05, 3.63) is 35.9 Å². The lowest BCUT2D eigenvalue weighted by Crippen LogP contribution is -2.42. The lowest BCUT2D eigenvalue weighted by atomic mass is 10.0. The fourth-order valence-electron chi connectivity index (χ4n) is 1.87. The molecule has 5 heteroatoms. The maximum atomic E-state index is 11.9. The first-order valence-corrected chi connectivity index (χ1v) is 8.40. The SMILES string of the molecule is CC(C)C[C@H](N)C(=O)NCCS(=O)Cc1ccccc1. The third-order valence-corrected chi connectivity index (χ3v) is 4.18. The molecule has 4 nitrogen and oxygen atoms in total. The van der Waals surface area contributed by atoms with Crippen LogP contribution in [-0.2, 0) is 21.3 Å². The molecule has 1 amide bonds. The number of amides is 1. The van der Waals surface area contributed by atoms with E-state index in [1.807, 2.05) is 44.2 Å². The van der Waals surface area contributed by atoms with Gasteiger partial charge in [0.05, 0.1) is 6.04 Å². The van der Waals surface area contributed by atoms with E-state index in [9.17, 15) is 9.00 Å². The summed E-state index contributed by atoms with van der Waals surface area (Å²) < 4.78 is 11.9. The summed E-state index contributed by atoms with van der Waals surface area (Å²) in [5, 5.41) is 2.75. The van der Waals surface area contributed by atoms with Crippen LogP contribution >= 0.6 is 0 Å². The molecule has 0 aliphatic carbocycles. The molecule has 0 radical (unpaired) electrons. The second-order valence-electron chi connectivity index (χ2n) is 5.30. The molecule has 0 saturated carbocycles. The summed E-state index contributed by atoms with van der Waals surface area (Å²) >= 11 is 0. The molecule has 112 valence electrons. The highest BCUT2D eigenvalue weighted by molar-refractivity contribution is 7.84. The van der Waals surface area contributed by atoms with Crippen molar-refractivity contribution in [1.82, 2.24) is 5.32 Å². The third-order valence-electron chi connectivity index (χ3n) is 2.86. The molecule has 0 aliphatic rings. The van der Waals surface area contributed by atoms with Gasteiger partial charge in [-0.3, -0.25) is 9.00 Å². The summed E-state index contributed by atoms with van der Waals surface area (Å²) in [5.74, 6) is 1.21. The summed E-state index contributed by atoms with van der Waals surface area (Å²) in [6.07, 6.45) is 0.666. The van der Waals surface area contributed by atoms with E-state index in [1.165, 1.54) is 0 Å². The highest BCUT2D eigenvalue weighted by Gasteiger charge is 2.14. The number of nitrogens with one attached hydrogen (secondary N) is 1. The Bertz CT molecular complexity index is 435. The second-order valence-corrected chi connectivity index (χ2v) is 6.88. The van der Waals surface area contributed by atoms with E-state index < -0.39 is 16.8 Å². The van der Waals surface area contributed by atoms with Gasteiger partial charge in [0.15, 0.2) is 0 Å². The van der Waals surface area contributed by atoms with Crippen LogP contribution in [0.4, 0.5) is 0 Å². The Morgan fingerprint density at radius 1 is 1.30 bits per heavy atom. The van der Waals surface area contributed by atoms with Gasteiger partial charge in [-0.1, -0.05) is 44.2 Å². The molecule has 1 rings (SSSR count). The van der Waals surface area contributed by atoms with Crippen LogP contribution in [-0.4, -0.2) is 28.5 Å². The van der Waals surface area contributed by atoms with Crippen molar-refractivity contribution in [3.63, 3.8) is 0 Å². The first-order valence-electron chi connectivity index (χ1n) is 6.91. The van der Waals surface area contributed by atoms with E-state index in [4.69, 9.17) is 5.73 Å². The van der Waals surface area contributed by atoms with Crippen molar-refractivity contribution >= 4 is 16.7 Å². The van der Waals surface area contributed by atoms with Crippen molar-refractivity contribution in [3.8, 4) is 0 Å². The Morgan fingerprint density at radius 2 is 1.95 bits per heavy atom. The van der Waals surface area contributed by atoms with Crippen LogP contribution in [0.1, 0.15) is 25.8 Å². The maximum Gasteiger partial charge on any atom is 0.236 e. The van der Waals surface area contributed by atoms with Gasteiger partial charge < -0.3 is 11.1 Å². The van der Waals surface area contributed by atoms with Crippen LogP contribution in [0.5, 0.6) is 0 Å². The molecule has 0 heterocycles. The molecule has 0 aromatic heterocycles. The number of carbonyl (C=O) groups excluding carboxylic acids is 1. The van der Waals surface area contributed by atoms with E-state index in [-0.39, 0.29) is 5.91 Å². The molecule has 3 N–H and O–H groups in total. The van der Waals surface area contributed by atoms with Crippen molar-refractivity contribution in [1.29, 1.82) is 0 Å². The van der Waals surface area contributed by atoms with E-state index in [0.717, 1.165) is 5.56 Å². The van der Waals surface area contributed by atoms with Gasteiger partial charge in [0.2, 0.25) is 5.91 Å². The zero-order valence-electron chi connectivity index (χ0n) is 12.2. The van der Waals surface area contributed by atoms with Crippen molar-refractivity contribution in [2.24, 2.45) is 11.7 Å². The van der Waals surface area contributed by atoms with Gasteiger partial charge in [-0.2, -0.15) is 0 Å². The molecule has 0 bridgehead atoms. The largest absolute Gasteiger partial charge is 0.354 e. The Kier molecular flexibility index (Phi) is 7.47. The molecular formula is C15H24N2O2S. The van der Waals surface area contributed by atoms with Gasteiger partial charge in [-0.25, -0.2) is 0 Å². The van der Waals surface area contributed by atoms with Crippen molar-refractivity contribution in [2.45, 2.75) is 32.1 Å². The zero-order chi connectivity index (χ0) is 15.0. The highest BCUT2D eigenvalue weighted by Crippen LogP contribution is 2.03. The van der Waals surface area contributed by atoms with Crippen LogP contribution in [0.25, 0.3) is 0 Å². The summed E-state index contributed by atoms with van der Waals surface area (Å²) in [6, 6.07) is 9.23. The average Bonchev–Trinajstić information content (AvgIpc) is 2.38. The second kappa shape index (κ2) is 8.87. The zero-order valence-corrected chi connectivity index (χ0v) is 13.0. The molecule has 1 unspecified atom stereocenters. The third kappa shape index (κ3) is 6.82. The van der Waals surface area contributed by atoms with Crippen LogP contribution in [0.15, 0.2) is 30.3 Å². The number of carbonyl (C=O) groups is 1. The summed E-state index contributed by atoms with van der Waals surface area (Å²) in [5.41, 5.74) is 6.82. The minimum Gasteiger partial charge on any atom is -0.354 e. The van der Waals surface area contributed by atoms with Gasteiger partial charge >= 0.3 is 0 Å². The monoisotopic (exact) mass is 296 g/mol. The number of rotatable bonds is 8. The molecule has 1 aromatic carbocycles. The lowest BCUT2D eigenvalue weighted by Gasteiger charge is -2.14. The van der Waals surface area contributed by atoms with Gasteiger partial charge in [0, 0.05) is 28.9 Å². The van der Waals surface area contributed by atoms with E-state index in [1.54, 1.807) is 0 Å². The standard InChI is InChI=1S/C15H24N2O2S/c1-12(2)10-14(16)15(18)17-8-9-20(19)11-13-6-4-3-5-7-13/h3-7,12,14H,8-11,16H2,1-2H3,(H,17,18)/t14-,20?/m0/s1. The van der Waals surface area contributed by atoms with Gasteiger partial charge in [0.1, 0.15) is 0 Å². The average molecular weight is 296 g/mol. The van der Waals surface area contributed by atoms with E-state index in [2.05, 4.69) is 5.32 Å². The molecule has 0 fully saturated rings. The summed E-state index contributed by atoms with van der Waals surface area (Å²) in [4.78, 5) is 11.7. The number of hydrogen-bond donors (Lipinski definition) is 2. The Labute approximate surface area is 123 Å². The lowest BCUT2D eigenvalue weighted by molar-refractivity contribution is -0.122. The summed E-state index contributed by atoms with van der Waals surface area (Å²) in [7, 11) is -0.967. The van der Waals surface area contributed by atoms with Crippen molar-refractivity contribution < 1.29 is 9.00 Å². The van der Waals surface area contributed by atoms with E-state index in [0.29, 0.717) is 30.4 Å². The predicted molar refractivity (Wildman–Crippen MR) is 83.6 cm³/mol. The smallest absolute Gasteiger partial charge is 0.236 e. The van der Waals surface area contributed by atoms with Crippen LogP contribution in [0, 0.1) is 5.92 Å². The van der Waals surface area contributed by atoms with Gasteiger partial charge in [-0.15, -0.1) is 0 Å². The molecule has 0 aliphatic heterocycles. The predicted octanol–water partition coefficient (Wildman–Crippen LogP) is 1.42. The molecule has 0 saturated heterocycles. The topological polar surface area (TPSA) is 72.2 Å². The molecule has 0 spiro atoms. The fraction of sp³-hybridized carbons (Fsp3) is 0.533. The quantitative estimate of drug-likeness (QED) is 0.762. The van der Waals surface area contributed by atoms with Gasteiger partial charge in [-0.05, 0) is 17.9 Å². The minimum atomic E-state index is -0.967. The van der Waals surface area contributed by atoms with E-state index >= 15 is 0 Å². The molecule has 2 atom stereocenters. The van der Waals surface area contributed by atoms with Gasteiger partial charge in [0.25, 0.3) is 0 Å². The first-order chi connectivity index (χ1) is 9.49. The van der Waals surface area contributed by atoms with Crippen molar-refractivity contribution in [2.75, 3.05) is 12.3 Å². The summed E-state index contributed by atoms with van der Waals surface area (Å²) in [6.45, 7) is 4.47. The number of nitrogens with two attached hydrogens (primary N) is 1. The van der Waals surface area contributed by atoms with Crippen LogP contribution < -0.4 is 11.1 Å². The minimum absolute atomic E-state index is 0.157. The maximum absolute atomic E-state index is 11.9. The fourth-order valence-corrected chi connectivity index (χ4v) is 2.90. The van der Waals surface area contributed by atoms with Crippen LogP contribution in [0.3, 0.4) is 0 Å². The highest BCUT2D eigenvalue weighted by atomic mass is 32.2. The molecular weight excluding hydrogens is 272 g/mol. The Hall–Kier alpha value is -1.20. The first kappa shape index (κ1) is 16.9. The number of benzene rings is 1. The molecule has 20 heavy (non-hydrogen) atoms. The van der Waals surface area contributed by atoms with Crippen LogP contribution in [0.2, 0.25) is 0 Å². The Morgan fingerprint density at radius 3 is 2.55 bits per heavy atom. The number of hydrogen-bond acceptors (Lipinski definition) is 3.